The molecule has 1 aliphatic rings. The lowest BCUT2D eigenvalue weighted by atomic mass is 9.79. The highest BCUT2D eigenvalue weighted by Crippen LogP contribution is 2.43. The molecule has 0 fully saturated rings. The van der Waals surface area contributed by atoms with Crippen molar-refractivity contribution in [3.63, 3.8) is 0 Å². The van der Waals surface area contributed by atoms with E-state index in [0.717, 1.165) is 30.6 Å². The molecular weight excluding hydrogens is 330 g/mol. The first-order valence-electron chi connectivity index (χ1n) is 7.79. The topological polar surface area (TPSA) is 47.6 Å². The van der Waals surface area contributed by atoms with Crippen LogP contribution in [-0.2, 0) is 14.7 Å². The second-order valence-electron chi connectivity index (χ2n) is 6.68. The van der Waals surface area contributed by atoms with E-state index >= 15 is 0 Å². The third-order valence-corrected chi connectivity index (χ3v) is 4.92. The fourth-order valence-corrected chi connectivity index (χ4v) is 4.06. The van der Waals surface area contributed by atoms with Gasteiger partial charge in [0, 0.05) is 10.6 Å². The Hall–Kier alpha value is -1.46. The first-order chi connectivity index (χ1) is 10.8. The second-order valence-corrected chi connectivity index (χ2v) is 11.5. The average molecular weight is 354 g/mol. The Labute approximate surface area is 143 Å². The van der Waals surface area contributed by atoms with Crippen LogP contribution in [0.5, 0.6) is 0 Å². The molecule has 0 aromatic heterocycles. The van der Waals surface area contributed by atoms with E-state index in [2.05, 4.69) is 31.0 Å². The van der Waals surface area contributed by atoms with E-state index in [1.807, 2.05) is 24.3 Å². The molecular formula is C17H24ClNO3Si. The zero-order valence-corrected chi connectivity index (χ0v) is 15.9. The summed E-state index contributed by atoms with van der Waals surface area (Å²) in [6.45, 7) is 6.37. The number of halogens is 1. The Morgan fingerprint density at radius 1 is 1.30 bits per heavy atom. The molecule has 0 saturated heterocycles. The van der Waals surface area contributed by atoms with Gasteiger partial charge in [-0.3, -0.25) is 0 Å². The van der Waals surface area contributed by atoms with E-state index in [0.29, 0.717) is 5.02 Å². The number of carbonyl (C=O) groups excluding carboxylic acids is 1. The number of nitrogens with one attached hydrogen (secondary N) is 1. The minimum absolute atomic E-state index is 0.489. The molecule has 1 amide bonds. The maximum Gasteiger partial charge on any atom is 0.407 e. The molecule has 0 bridgehead atoms. The Morgan fingerprint density at radius 2 is 2.00 bits per heavy atom. The summed E-state index contributed by atoms with van der Waals surface area (Å²) in [5, 5.41) is 3.60. The number of alkyl carbamates (subject to hydrolysis) is 1. The predicted molar refractivity (Wildman–Crippen MR) is 95.0 cm³/mol. The third kappa shape index (κ3) is 4.09. The summed E-state index contributed by atoms with van der Waals surface area (Å²) < 4.78 is 11.2. The van der Waals surface area contributed by atoms with Crippen LogP contribution in [0.4, 0.5) is 4.79 Å². The van der Waals surface area contributed by atoms with Crippen LogP contribution in [-0.4, -0.2) is 21.5 Å². The quantitative estimate of drug-likeness (QED) is 0.790. The van der Waals surface area contributed by atoms with Gasteiger partial charge >= 0.3 is 6.09 Å². The summed E-state index contributed by atoms with van der Waals surface area (Å²) in [5.74, 6) is 0.779. The van der Waals surface area contributed by atoms with Crippen LogP contribution >= 0.6 is 11.6 Å². The van der Waals surface area contributed by atoms with Crippen molar-refractivity contribution in [3.8, 4) is 0 Å². The van der Waals surface area contributed by atoms with Crippen molar-refractivity contribution in [1.29, 1.82) is 0 Å². The van der Waals surface area contributed by atoms with Crippen LogP contribution < -0.4 is 5.32 Å². The van der Waals surface area contributed by atoms with E-state index in [-0.39, 0.29) is 0 Å². The van der Waals surface area contributed by atoms with Crippen LogP contribution in [0.1, 0.15) is 24.8 Å². The van der Waals surface area contributed by atoms with E-state index < -0.39 is 19.9 Å². The highest BCUT2D eigenvalue weighted by Gasteiger charge is 2.43. The molecule has 0 saturated carbocycles. The van der Waals surface area contributed by atoms with Gasteiger partial charge in [0.25, 0.3) is 0 Å². The van der Waals surface area contributed by atoms with Gasteiger partial charge in [-0.2, -0.15) is 0 Å². The number of ether oxygens (including phenoxy) is 1. The molecule has 0 spiro atoms. The minimum atomic E-state index is -1.85. The molecule has 1 N–H and O–H groups in total. The molecule has 4 nitrogen and oxygen atoms in total. The largest absolute Gasteiger partial charge is 0.546 e. The van der Waals surface area contributed by atoms with Gasteiger partial charge in [0.05, 0.1) is 7.11 Å². The van der Waals surface area contributed by atoms with Crippen LogP contribution in [0.3, 0.4) is 0 Å². The lowest BCUT2D eigenvalue weighted by Crippen LogP contribution is -2.50. The number of hydrogen-bond donors (Lipinski definition) is 1. The summed E-state index contributed by atoms with van der Waals surface area (Å²) >= 11 is 6.45. The van der Waals surface area contributed by atoms with Crippen molar-refractivity contribution < 1.29 is 14.0 Å². The Morgan fingerprint density at radius 3 is 2.61 bits per heavy atom. The van der Waals surface area contributed by atoms with Gasteiger partial charge in [0.1, 0.15) is 11.3 Å². The molecule has 1 atom stereocenters. The van der Waals surface area contributed by atoms with Crippen molar-refractivity contribution in [1.82, 2.24) is 5.32 Å². The van der Waals surface area contributed by atoms with Crippen molar-refractivity contribution >= 4 is 26.0 Å². The molecule has 0 radical (unpaired) electrons. The van der Waals surface area contributed by atoms with Crippen LogP contribution in [0.15, 0.2) is 36.1 Å². The van der Waals surface area contributed by atoms with Crippen molar-refractivity contribution in [3.05, 3.63) is 46.7 Å². The average Bonchev–Trinajstić information content (AvgIpc) is 2.48. The molecule has 23 heavy (non-hydrogen) atoms. The van der Waals surface area contributed by atoms with Crippen molar-refractivity contribution in [2.75, 3.05) is 7.11 Å². The van der Waals surface area contributed by atoms with Gasteiger partial charge in [0.15, 0.2) is 0 Å². The fraction of sp³-hybridized carbons (Fsp3) is 0.471. The molecule has 126 valence electrons. The highest BCUT2D eigenvalue weighted by molar-refractivity contribution is 6.70. The van der Waals surface area contributed by atoms with E-state index in [1.54, 1.807) is 0 Å². The van der Waals surface area contributed by atoms with Gasteiger partial charge in [-0.1, -0.05) is 29.8 Å². The van der Waals surface area contributed by atoms with Crippen LogP contribution in [0.2, 0.25) is 24.7 Å². The molecule has 2 rings (SSSR count). The van der Waals surface area contributed by atoms with Gasteiger partial charge < -0.3 is 14.5 Å². The number of benzene rings is 1. The first kappa shape index (κ1) is 17.9. The minimum Gasteiger partial charge on any atom is -0.546 e. The normalized spacial score (nSPS) is 21.3. The van der Waals surface area contributed by atoms with E-state index in [1.165, 1.54) is 7.11 Å². The molecule has 0 aliphatic heterocycles. The van der Waals surface area contributed by atoms with Gasteiger partial charge in [-0.05, 0) is 51.0 Å². The summed E-state index contributed by atoms with van der Waals surface area (Å²) in [6, 6.07) is 7.56. The Balaban J connectivity index is 2.56. The number of amides is 1. The monoisotopic (exact) mass is 353 g/mol. The maximum atomic E-state index is 12.0. The molecule has 1 aromatic rings. The molecule has 0 heterocycles. The lowest BCUT2D eigenvalue weighted by molar-refractivity contribution is 0.145. The number of allylic oxidation sites excluding steroid dienone is 1. The Kier molecular flexibility index (Phi) is 5.42. The molecule has 6 heteroatoms. The standard InChI is InChI=1S/C17H24ClNO3Si/c1-21-16(20)19-17(13-9-5-6-10-14(13)18)12-8-7-11-15(17)22-23(2,3)4/h5-6,9-11H,7-8,12H2,1-4H3,(H,19,20). The zero-order chi connectivity index (χ0) is 17.1. The smallest absolute Gasteiger partial charge is 0.407 e. The molecule has 1 unspecified atom stereocenters. The SMILES string of the molecule is COC(=O)NC1(c2ccccc2Cl)CCCC=C1O[Si](C)(C)C. The second kappa shape index (κ2) is 6.97. The van der Waals surface area contributed by atoms with E-state index in [9.17, 15) is 4.79 Å². The zero-order valence-electron chi connectivity index (χ0n) is 14.1. The number of rotatable bonds is 4. The molecule has 1 aliphatic carbocycles. The maximum absolute atomic E-state index is 12.0. The summed E-state index contributed by atoms with van der Waals surface area (Å²) in [7, 11) is -0.486. The third-order valence-electron chi connectivity index (χ3n) is 3.76. The van der Waals surface area contributed by atoms with Crippen molar-refractivity contribution in [2.45, 2.75) is 44.4 Å². The number of hydrogen-bond acceptors (Lipinski definition) is 3. The van der Waals surface area contributed by atoms with Gasteiger partial charge in [-0.15, -0.1) is 0 Å². The first-order valence-corrected chi connectivity index (χ1v) is 11.6. The highest BCUT2D eigenvalue weighted by atomic mass is 35.5. The predicted octanol–water partition coefficient (Wildman–Crippen LogP) is 4.81. The van der Waals surface area contributed by atoms with Crippen molar-refractivity contribution in [2.24, 2.45) is 0 Å². The van der Waals surface area contributed by atoms with Crippen LogP contribution in [0, 0.1) is 0 Å². The molecule has 1 aromatic carbocycles. The number of methoxy groups -OCH3 is 1. The summed E-state index contributed by atoms with van der Waals surface area (Å²) in [4.78, 5) is 12.0. The van der Waals surface area contributed by atoms with Crippen LogP contribution in [0.25, 0.3) is 0 Å². The van der Waals surface area contributed by atoms with E-state index in [4.69, 9.17) is 20.8 Å². The van der Waals surface area contributed by atoms with Gasteiger partial charge in [-0.25, -0.2) is 4.79 Å². The summed E-state index contributed by atoms with van der Waals surface area (Å²) in [6.07, 6.45) is 4.17. The van der Waals surface area contributed by atoms with Gasteiger partial charge in [0.2, 0.25) is 8.32 Å². The Bertz CT molecular complexity index is 612. The lowest BCUT2D eigenvalue weighted by Gasteiger charge is -2.42. The fourth-order valence-electron chi connectivity index (χ4n) is 2.85. The number of carbonyl (C=O) groups is 1. The summed E-state index contributed by atoms with van der Waals surface area (Å²) in [5.41, 5.74) is 0.0699.